The Morgan fingerprint density at radius 1 is 0.535 bits per heavy atom. The molecule has 16 atom stereocenters. The number of carbonyl (C=O) groups excluding carboxylic acids is 4. The molecule has 0 aliphatic carbocycles. The monoisotopic (exact) mass is 1040 g/mol. The van der Waals surface area contributed by atoms with Gasteiger partial charge < -0.3 is 78.9 Å². The van der Waals surface area contributed by atoms with Gasteiger partial charge in [-0.3, -0.25) is 0 Å². The largest absolute Gasteiger partial charge is 2.00 e. The predicted molar refractivity (Wildman–Crippen MR) is 258 cm³/mol. The Bertz CT molecular complexity index is 1510. The third-order valence-corrected chi connectivity index (χ3v) is 14.2. The van der Waals surface area contributed by atoms with Crippen LogP contribution in [-0.2, 0) is 47.6 Å². The van der Waals surface area contributed by atoms with Gasteiger partial charge in [-0.15, -0.1) is 0 Å². The molecule has 71 heavy (non-hydrogen) atoms. The average Bonchev–Trinajstić information content (AvgIpc) is 4.23. The Hall–Kier alpha value is -1.78. The van der Waals surface area contributed by atoms with Crippen molar-refractivity contribution in [1.29, 1.82) is 0 Å². The van der Waals surface area contributed by atoms with Crippen molar-refractivity contribution < 1.29 is 88.5 Å². The number of aliphatic hydroxyl groups excluding tert-OH is 6. The molecular formula is C52H86CaO18. The van der Waals surface area contributed by atoms with E-state index in [2.05, 4.69) is 0 Å². The van der Waals surface area contributed by atoms with Crippen LogP contribution in [0.4, 0.5) is 0 Å². The molecule has 0 aromatic heterocycles. The molecule has 404 valence electrons. The van der Waals surface area contributed by atoms with Crippen LogP contribution in [-0.4, -0.2) is 192 Å². The van der Waals surface area contributed by atoms with E-state index in [1.807, 2.05) is 13.8 Å². The number of aliphatic carboxylic acids is 2. The maximum atomic E-state index is 12.0. The van der Waals surface area contributed by atoms with Crippen LogP contribution in [0.25, 0.3) is 0 Å². The second-order valence-corrected chi connectivity index (χ2v) is 20.4. The summed E-state index contributed by atoms with van der Waals surface area (Å²) in [6.07, 6.45) is 8.59. The molecule has 0 radical (unpaired) electrons. The standard InChI is InChI=1S/2C26H44O9.Ca/c2*1-16(13-23(30)33-11-9-7-5-4-6-8-10-22(28)29)12-20-25(32)24(31)19(15-34-20)14-21-26(35-21)17(2)18(3)27;/h2*13,17-21,24-27,31-32H,4-12,14-15H2,1-3H3,(H,28,29);/q;;+2/p-2/b2*16-13+;/t2*17-,18-,19-,20-,21-,24+,25-,26-;/m00./s1. The molecule has 4 heterocycles. The summed E-state index contributed by atoms with van der Waals surface area (Å²) in [4.78, 5) is 44.8. The Morgan fingerprint density at radius 2 is 0.859 bits per heavy atom. The van der Waals surface area contributed by atoms with Crippen molar-refractivity contribution in [3.63, 3.8) is 0 Å². The molecule has 4 saturated heterocycles. The number of aliphatic hydroxyl groups is 6. The maximum absolute atomic E-state index is 12.0. The number of carbonyl (C=O) groups is 4. The first-order chi connectivity index (χ1) is 33.2. The predicted octanol–water partition coefficient (Wildman–Crippen LogP) is 2.13. The summed E-state index contributed by atoms with van der Waals surface area (Å²) in [5, 5.41) is 82.4. The van der Waals surface area contributed by atoms with Gasteiger partial charge in [0, 0.05) is 47.8 Å². The normalized spacial score (nSPS) is 30.1. The van der Waals surface area contributed by atoms with Gasteiger partial charge >= 0.3 is 49.7 Å². The number of rotatable bonds is 32. The first-order valence-corrected chi connectivity index (χ1v) is 25.9. The molecule has 4 aliphatic rings. The molecule has 4 fully saturated rings. The van der Waals surface area contributed by atoms with Gasteiger partial charge in [-0.2, -0.15) is 0 Å². The van der Waals surface area contributed by atoms with E-state index in [-0.39, 0.29) is 98.7 Å². The van der Waals surface area contributed by atoms with Crippen molar-refractivity contribution in [1.82, 2.24) is 0 Å². The zero-order valence-electron chi connectivity index (χ0n) is 43.2. The van der Waals surface area contributed by atoms with E-state index in [1.54, 1.807) is 27.7 Å². The first-order valence-electron chi connectivity index (χ1n) is 25.9. The van der Waals surface area contributed by atoms with Gasteiger partial charge in [0.1, 0.15) is 12.2 Å². The van der Waals surface area contributed by atoms with Gasteiger partial charge in [-0.05, 0) is 91.9 Å². The summed E-state index contributed by atoms with van der Waals surface area (Å²) in [6, 6.07) is 0. The van der Waals surface area contributed by atoms with Gasteiger partial charge in [0.25, 0.3) is 0 Å². The number of carboxylic acids is 2. The van der Waals surface area contributed by atoms with Gasteiger partial charge in [-0.25, -0.2) is 9.59 Å². The van der Waals surface area contributed by atoms with E-state index in [4.69, 9.17) is 28.4 Å². The van der Waals surface area contributed by atoms with Crippen LogP contribution in [0.2, 0.25) is 0 Å². The van der Waals surface area contributed by atoms with Gasteiger partial charge in [0.2, 0.25) is 0 Å². The fourth-order valence-electron chi connectivity index (χ4n) is 9.16. The molecule has 19 heteroatoms. The van der Waals surface area contributed by atoms with Crippen molar-refractivity contribution in [2.75, 3.05) is 26.4 Å². The molecule has 0 amide bonds. The number of esters is 2. The Morgan fingerprint density at radius 3 is 1.18 bits per heavy atom. The quantitative estimate of drug-likeness (QED) is 0.0185. The minimum absolute atomic E-state index is 0. The Labute approximate surface area is 451 Å². The van der Waals surface area contributed by atoms with Gasteiger partial charge in [-0.1, -0.05) is 76.4 Å². The van der Waals surface area contributed by atoms with Crippen molar-refractivity contribution in [2.45, 2.75) is 230 Å². The minimum Gasteiger partial charge on any atom is -0.550 e. The molecule has 0 spiro atoms. The summed E-state index contributed by atoms with van der Waals surface area (Å²) in [5.41, 5.74) is 1.41. The topological polar surface area (TPSA) is 298 Å². The van der Waals surface area contributed by atoms with Gasteiger partial charge in [0.05, 0.1) is 87.5 Å². The summed E-state index contributed by atoms with van der Waals surface area (Å²) < 4.78 is 33.4. The van der Waals surface area contributed by atoms with Crippen molar-refractivity contribution in [3.8, 4) is 0 Å². The molecule has 4 aliphatic heterocycles. The third-order valence-electron chi connectivity index (χ3n) is 14.2. The van der Waals surface area contributed by atoms with Crippen LogP contribution in [0, 0.1) is 23.7 Å². The second-order valence-electron chi connectivity index (χ2n) is 20.4. The number of unbranched alkanes of at least 4 members (excludes halogenated alkanes) is 10. The van der Waals surface area contributed by atoms with Crippen LogP contribution in [0.5, 0.6) is 0 Å². The molecule has 4 rings (SSSR count). The molecule has 0 aromatic carbocycles. The summed E-state index contributed by atoms with van der Waals surface area (Å²) in [7, 11) is 0. The molecule has 0 unspecified atom stereocenters. The number of hydrogen-bond donors (Lipinski definition) is 6. The van der Waals surface area contributed by atoms with E-state index in [0.717, 1.165) is 64.2 Å². The van der Waals surface area contributed by atoms with Crippen molar-refractivity contribution >= 4 is 61.6 Å². The fourth-order valence-corrected chi connectivity index (χ4v) is 9.16. The molecule has 18 nitrogen and oxygen atoms in total. The third kappa shape index (κ3) is 25.5. The van der Waals surface area contributed by atoms with E-state index in [9.17, 15) is 60.0 Å². The van der Waals surface area contributed by atoms with Crippen LogP contribution < -0.4 is 10.2 Å². The van der Waals surface area contributed by atoms with Crippen LogP contribution in [0.1, 0.15) is 157 Å². The van der Waals surface area contributed by atoms with Crippen molar-refractivity contribution in [3.05, 3.63) is 23.3 Å². The minimum atomic E-state index is -1.06. The van der Waals surface area contributed by atoms with E-state index < -0.39 is 72.7 Å². The van der Waals surface area contributed by atoms with Crippen molar-refractivity contribution in [2.24, 2.45) is 23.7 Å². The smallest absolute Gasteiger partial charge is 0.550 e. The van der Waals surface area contributed by atoms with Gasteiger partial charge in [0.15, 0.2) is 0 Å². The maximum Gasteiger partial charge on any atom is 2.00 e. The first kappa shape index (κ1) is 65.3. The number of epoxide rings is 2. The summed E-state index contributed by atoms with van der Waals surface area (Å²) in [5.74, 6) is -3.37. The SMILES string of the molecule is C/C(=C\C(=O)OCCCCCCCCC(=O)[O-])C[C@@H]1OC[C@H](C[C@@H]2O[C@H]2[C@@H](C)[C@H](C)O)[C@@H](O)[C@H]1O.C/C(=C\C(=O)OCCCCCCCCC(=O)[O-])C[C@@H]1OC[C@H](C[C@@H]2O[C@H]2[C@@H](C)[C@H](C)O)[C@@H](O)[C@H]1O.[Ca+2]. The molecule has 0 saturated carbocycles. The number of carboxylic acid groups (broad SMARTS) is 2. The molecule has 0 aromatic rings. The Balaban J connectivity index is 0.000000480. The second kappa shape index (κ2) is 34.7. The molecule has 6 N–H and O–H groups in total. The average molecular weight is 1040 g/mol. The zero-order valence-corrected chi connectivity index (χ0v) is 45.4. The van der Waals surface area contributed by atoms with Crippen LogP contribution >= 0.6 is 0 Å². The zero-order chi connectivity index (χ0) is 51.9. The number of hydrogen-bond acceptors (Lipinski definition) is 18. The summed E-state index contributed by atoms with van der Waals surface area (Å²) >= 11 is 0. The van der Waals surface area contributed by atoms with Crippen LogP contribution in [0.15, 0.2) is 23.3 Å². The molecule has 0 bridgehead atoms. The fraction of sp³-hybridized carbons (Fsp3) is 0.846. The van der Waals surface area contributed by atoms with E-state index >= 15 is 0 Å². The van der Waals surface area contributed by atoms with E-state index in [1.165, 1.54) is 12.2 Å². The Kier molecular flexibility index (Phi) is 32.0. The van der Waals surface area contributed by atoms with Crippen LogP contribution in [0.3, 0.4) is 0 Å². The molecular weight excluding hydrogens is 953 g/mol. The summed E-state index contributed by atoms with van der Waals surface area (Å²) in [6.45, 7) is 12.1. The number of ether oxygens (including phenoxy) is 6. The van der Waals surface area contributed by atoms with E-state index in [0.29, 0.717) is 76.1 Å².